The molecule has 24 heavy (non-hydrogen) atoms. The van der Waals surface area contributed by atoms with Crippen LogP contribution in [0.15, 0.2) is 48.7 Å². The third kappa shape index (κ3) is 2.78. The Bertz CT molecular complexity index is 899. The molecular weight excluding hydrogens is 296 g/mol. The maximum absolute atomic E-state index is 12.6. The van der Waals surface area contributed by atoms with Crippen LogP contribution in [0.2, 0.25) is 0 Å². The Morgan fingerprint density at radius 1 is 1.08 bits per heavy atom. The van der Waals surface area contributed by atoms with E-state index in [0.717, 1.165) is 34.0 Å². The summed E-state index contributed by atoms with van der Waals surface area (Å²) in [4.78, 5) is 17.2. The Balaban J connectivity index is 2.39. The maximum Gasteiger partial charge on any atom is 0.253 e. The zero-order valence-electron chi connectivity index (χ0n) is 14.4. The van der Waals surface area contributed by atoms with Gasteiger partial charge in [0.25, 0.3) is 5.91 Å². The Morgan fingerprint density at radius 2 is 1.88 bits per heavy atom. The van der Waals surface area contributed by atoms with Crippen molar-refractivity contribution in [2.75, 3.05) is 6.54 Å². The number of amides is 1. The quantitative estimate of drug-likeness (QED) is 0.768. The van der Waals surface area contributed by atoms with E-state index in [9.17, 15) is 4.79 Å². The third-order valence-electron chi connectivity index (χ3n) is 4.36. The second kappa shape index (κ2) is 6.83. The summed E-state index contributed by atoms with van der Waals surface area (Å²) in [5.41, 5.74) is 6.01. The van der Waals surface area contributed by atoms with E-state index in [1.807, 2.05) is 25.1 Å². The highest BCUT2D eigenvalue weighted by Gasteiger charge is 2.18. The Hall–Kier alpha value is -2.68. The summed E-state index contributed by atoms with van der Waals surface area (Å²) in [6.07, 6.45) is 2.63. The predicted octanol–water partition coefficient (Wildman–Crippen LogP) is 4.52. The van der Waals surface area contributed by atoms with Crippen LogP contribution in [0.1, 0.15) is 35.3 Å². The van der Waals surface area contributed by atoms with Crippen LogP contribution in [0, 0.1) is 6.92 Å². The first-order chi connectivity index (χ1) is 11.7. The van der Waals surface area contributed by atoms with E-state index in [1.54, 1.807) is 6.20 Å². The van der Waals surface area contributed by atoms with Crippen molar-refractivity contribution < 1.29 is 4.79 Å². The largest absolute Gasteiger partial charge is 0.352 e. The van der Waals surface area contributed by atoms with Crippen molar-refractivity contribution in [1.82, 2.24) is 10.3 Å². The Morgan fingerprint density at radius 3 is 2.58 bits per heavy atom. The van der Waals surface area contributed by atoms with Crippen LogP contribution in [0.25, 0.3) is 22.0 Å². The number of nitrogens with zero attached hydrogens (tertiary/aromatic N) is 1. The van der Waals surface area contributed by atoms with Crippen LogP contribution >= 0.6 is 0 Å². The highest BCUT2D eigenvalue weighted by molar-refractivity contribution is 6.09. The van der Waals surface area contributed by atoms with Gasteiger partial charge in [0.15, 0.2) is 0 Å². The number of pyridine rings is 1. The number of aromatic nitrogens is 1. The smallest absolute Gasteiger partial charge is 0.253 e. The van der Waals surface area contributed by atoms with Gasteiger partial charge in [0.05, 0.1) is 11.1 Å². The normalized spacial score (nSPS) is 10.8. The molecule has 3 aromatic rings. The number of fused-ring (bicyclic) bond motifs is 1. The van der Waals surface area contributed by atoms with Gasteiger partial charge >= 0.3 is 0 Å². The summed E-state index contributed by atoms with van der Waals surface area (Å²) < 4.78 is 0. The van der Waals surface area contributed by atoms with Gasteiger partial charge in [0, 0.05) is 23.7 Å². The Kier molecular flexibility index (Phi) is 4.61. The highest BCUT2D eigenvalue weighted by atomic mass is 16.1. The van der Waals surface area contributed by atoms with Crippen LogP contribution in [0.3, 0.4) is 0 Å². The fourth-order valence-corrected chi connectivity index (χ4v) is 3.14. The molecule has 1 N–H and O–H groups in total. The van der Waals surface area contributed by atoms with Gasteiger partial charge in [0.1, 0.15) is 0 Å². The van der Waals surface area contributed by atoms with Crippen LogP contribution < -0.4 is 5.32 Å². The lowest BCUT2D eigenvalue weighted by atomic mass is 9.91. The molecule has 2 aromatic carbocycles. The van der Waals surface area contributed by atoms with Crippen molar-refractivity contribution >= 4 is 16.8 Å². The van der Waals surface area contributed by atoms with Gasteiger partial charge in [-0.05, 0) is 37.0 Å². The summed E-state index contributed by atoms with van der Waals surface area (Å²) in [7, 11) is 0. The molecule has 1 heterocycles. The molecule has 1 aromatic heterocycles. The fraction of sp³-hybridized carbons (Fsp3) is 0.238. The zero-order chi connectivity index (χ0) is 17.1. The molecule has 0 unspecified atom stereocenters. The lowest BCUT2D eigenvalue weighted by molar-refractivity contribution is 0.0956. The molecule has 0 aliphatic heterocycles. The van der Waals surface area contributed by atoms with Crippen LogP contribution in [0.5, 0.6) is 0 Å². The van der Waals surface area contributed by atoms with Crippen LogP contribution in [-0.4, -0.2) is 17.4 Å². The SMILES string of the molecule is CCNC(=O)c1cnc2c(CC)cccc2c1-c1ccccc1C. The van der Waals surface area contributed by atoms with Crippen molar-refractivity contribution in [3.8, 4) is 11.1 Å². The molecule has 0 radical (unpaired) electrons. The molecule has 0 spiro atoms. The second-order valence-corrected chi connectivity index (χ2v) is 5.89. The molecular formula is C21H22N2O. The lowest BCUT2D eigenvalue weighted by Crippen LogP contribution is -2.23. The first-order valence-electron chi connectivity index (χ1n) is 8.42. The van der Waals surface area contributed by atoms with E-state index in [0.29, 0.717) is 12.1 Å². The monoisotopic (exact) mass is 318 g/mol. The minimum atomic E-state index is -0.0768. The van der Waals surface area contributed by atoms with E-state index < -0.39 is 0 Å². The first kappa shape index (κ1) is 16.2. The summed E-state index contributed by atoms with van der Waals surface area (Å²) in [5.74, 6) is -0.0768. The highest BCUT2D eigenvalue weighted by Crippen LogP contribution is 2.34. The number of hydrogen-bond acceptors (Lipinski definition) is 2. The molecule has 0 fully saturated rings. The minimum absolute atomic E-state index is 0.0768. The van der Waals surface area contributed by atoms with Crippen molar-refractivity contribution in [2.45, 2.75) is 27.2 Å². The lowest BCUT2D eigenvalue weighted by Gasteiger charge is -2.16. The molecule has 0 aliphatic rings. The maximum atomic E-state index is 12.6. The summed E-state index contributed by atoms with van der Waals surface area (Å²) in [6.45, 7) is 6.72. The first-order valence-corrected chi connectivity index (χ1v) is 8.42. The van der Waals surface area contributed by atoms with Gasteiger partial charge in [-0.1, -0.05) is 49.4 Å². The Labute approximate surface area is 142 Å². The van der Waals surface area contributed by atoms with Gasteiger partial charge in [-0.2, -0.15) is 0 Å². The number of carbonyl (C=O) groups excluding carboxylic acids is 1. The number of aryl methyl sites for hydroxylation is 2. The standard InChI is InChI=1S/C21H22N2O/c1-4-15-10-8-12-17-19(16-11-7-6-9-14(16)3)18(13-23-20(15)17)21(24)22-5-2/h6-13H,4-5H2,1-3H3,(H,22,24). The number of benzene rings is 2. The molecule has 122 valence electrons. The number of para-hydroxylation sites is 1. The number of carbonyl (C=O) groups is 1. The van der Waals surface area contributed by atoms with Crippen molar-refractivity contribution in [3.05, 3.63) is 65.4 Å². The predicted molar refractivity (Wildman–Crippen MR) is 99.3 cm³/mol. The van der Waals surface area contributed by atoms with Gasteiger partial charge in [-0.3, -0.25) is 9.78 Å². The molecule has 3 nitrogen and oxygen atoms in total. The van der Waals surface area contributed by atoms with Gasteiger partial charge in [-0.25, -0.2) is 0 Å². The van der Waals surface area contributed by atoms with E-state index in [4.69, 9.17) is 0 Å². The molecule has 0 saturated heterocycles. The molecule has 0 atom stereocenters. The summed E-state index contributed by atoms with van der Waals surface area (Å²) in [5, 5.41) is 3.94. The molecule has 0 aliphatic carbocycles. The van der Waals surface area contributed by atoms with Crippen LogP contribution in [0.4, 0.5) is 0 Å². The van der Waals surface area contributed by atoms with Crippen LogP contribution in [-0.2, 0) is 6.42 Å². The fourth-order valence-electron chi connectivity index (χ4n) is 3.14. The minimum Gasteiger partial charge on any atom is -0.352 e. The van der Waals surface area contributed by atoms with Crippen molar-refractivity contribution in [1.29, 1.82) is 0 Å². The van der Waals surface area contributed by atoms with Crippen molar-refractivity contribution in [3.63, 3.8) is 0 Å². The van der Waals surface area contributed by atoms with E-state index in [1.165, 1.54) is 5.56 Å². The number of rotatable bonds is 4. The summed E-state index contributed by atoms with van der Waals surface area (Å²) >= 11 is 0. The zero-order valence-corrected chi connectivity index (χ0v) is 14.4. The van der Waals surface area contributed by atoms with Gasteiger partial charge < -0.3 is 5.32 Å². The van der Waals surface area contributed by atoms with Gasteiger partial charge in [0.2, 0.25) is 0 Å². The van der Waals surface area contributed by atoms with Gasteiger partial charge in [-0.15, -0.1) is 0 Å². The van der Waals surface area contributed by atoms with E-state index in [2.05, 4.69) is 48.4 Å². The van der Waals surface area contributed by atoms with Crippen molar-refractivity contribution in [2.24, 2.45) is 0 Å². The second-order valence-electron chi connectivity index (χ2n) is 5.89. The molecule has 1 amide bonds. The van der Waals surface area contributed by atoms with E-state index >= 15 is 0 Å². The molecule has 0 bridgehead atoms. The number of hydrogen-bond donors (Lipinski definition) is 1. The topological polar surface area (TPSA) is 42.0 Å². The molecule has 0 saturated carbocycles. The summed E-state index contributed by atoms with van der Waals surface area (Å²) in [6, 6.07) is 14.4. The van der Waals surface area contributed by atoms with E-state index in [-0.39, 0.29) is 5.91 Å². The molecule has 3 heteroatoms. The number of nitrogens with one attached hydrogen (secondary N) is 1. The molecule has 3 rings (SSSR count). The average Bonchev–Trinajstić information content (AvgIpc) is 2.61. The third-order valence-corrected chi connectivity index (χ3v) is 4.36. The average molecular weight is 318 g/mol.